The minimum atomic E-state index is -0.279. The van der Waals surface area contributed by atoms with Gasteiger partial charge in [0.25, 0.3) is 0 Å². The number of rotatable bonds is 4. The number of phenols is 1. The van der Waals surface area contributed by atoms with Gasteiger partial charge >= 0.3 is 0 Å². The van der Waals surface area contributed by atoms with Gasteiger partial charge in [-0.15, -0.1) is 0 Å². The summed E-state index contributed by atoms with van der Waals surface area (Å²) in [6.45, 7) is 2.06. The lowest BCUT2D eigenvalue weighted by Crippen LogP contribution is -2.40. The van der Waals surface area contributed by atoms with E-state index in [1.54, 1.807) is 12.1 Å². The molecule has 0 aliphatic carbocycles. The van der Waals surface area contributed by atoms with Gasteiger partial charge in [0.1, 0.15) is 5.75 Å². The SMILES string of the molecule is CC(N)(Cc1ccccc1)Cc1ccc(O)cc1. The largest absolute Gasteiger partial charge is 0.508 e. The Morgan fingerprint density at radius 2 is 1.39 bits per heavy atom. The van der Waals surface area contributed by atoms with E-state index in [2.05, 4.69) is 19.1 Å². The first kappa shape index (κ1) is 12.7. The van der Waals surface area contributed by atoms with E-state index in [4.69, 9.17) is 5.73 Å². The topological polar surface area (TPSA) is 46.2 Å². The summed E-state index contributed by atoms with van der Waals surface area (Å²) in [5.74, 6) is 0.292. The van der Waals surface area contributed by atoms with Gasteiger partial charge in [-0.1, -0.05) is 42.5 Å². The Hall–Kier alpha value is -1.80. The van der Waals surface area contributed by atoms with Crippen LogP contribution in [0, 0.1) is 0 Å². The smallest absolute Gasteiger partial charge is 0.115 e. The zero-order chi connectivity index (χ0) is 13.0. The first-order valence-electron chi connectivity index (χ1n) is 6.16. The number of hydrogen-bond donors (Lipinski definition) is 2. The molecule has 18 heavy (non-hydrogen) atoms. The van der Waals surface area contributed by atoms with Crippen LogP contribution < -0.4 is 5.73 Å². The Kier molecular flexibility index (Phi) is 3.68. The third-order valence-electron chi connectivity index (χ3n) is 3.00. The van der Waals surface area contributed by atoms with Crippen molar-refractivity contribution in [2.24, 2.45) is 5.73 Å². The van der Waals surface area contributed by atoms with E-state index in [1.165, 1.54) is 5.56 Å². The van der Waals surface area contributed by atoms with Crippen molar-refractivity contribution < 1.29 is 5.11 Å². The molecule has 1 unspecified atom stereocenters. The van der Waals surface area contributed by atoms with Gasteiger partial charge in [-0.2, -0.15) is 0 Å². The fourth-order valence-corrected chi connectivity index (χ4v) is 2.20. The molecule has 0 bridgehead atoms. The summed E-state index contributed by atoms with van der Waals surface area (Å²) in [6.07, 6.45) is 1.64. The highest BCUT2D eigenvalue weighted by Gasteiger charge is 2.19. The average molecular weight is 241 g/mol. The van der Waals surface area contributed by atoms with Crippen molar-refractivity contribution in [3.8, 4) is 5.75 Å². The Morgan fingerprint density at radius 1 is 0.889 bits per heavy atom. The standard InChI is InChI=1S/C16H19NO/c1-16(17,11-13-5-3-2-4-6-13)12-14-7-9-15(18)10-8-14/h2-10,18H,11-12,17H2,1H3. The molecule has 2 aromatic carbocycles. The Labute approximate surface area is 108 Å². The average Bonchev–Trinajstić information content (AvgIpc) is 2.32. The van der Waals surface area contributed by atoms with E-state index in [1.807, 2.05) is 30.3 Å². The second kappa shape index (κ2) is 5.23. The van der Waals surface area contributed by atoms with Gasteiger partial charge < -0.3 is 10.8 Å². The molecule has 0 aliphatic heterocycles. The Morgan fingerprint density at radius 3 is 1.94 bits per heavy atom. The van der Waals surface area contributed by atoms with Gasteiger partial charge in [-0.05, 0) is 43.0 Å². The monoisotopic (exact) mass is 241 g/mol. The maximum Gasteiger partial charge on any atom is 0.115 e. The number of phenolic OH excluding ortho intramolecular Hbond substituents is 1. The predicted molar refractivity (Wildman–Crippen MR) is 74.5 cm³/mol. The van der Waals surface area contributed by atoms with Crippen LogP contribution >= 0.6 is 0 Å². The van der Waals surface area contributed by atoms with Crippen LogP contribution in [0.5, 0.6) is 5.75 Å². The molecule has 0 amide bonds. The number of hydrogen-bond acceptors (Lipinski definition) is 2. The van der Waals surface area contributed by atoms with Crippen LogP contribution in [0.1, 0.15) is 18.1 Å². The Bertz CT molecular complexity index is 488. The fourth-order valence-electron chi connectivity index (χ4n) is 2.20. The molecule has 2 rings (SSSR count). The molecule has 0 spiro atoms. The van der Waals surface area contributed by atoms with Crippen molar-refractivity contribution in [1.29, 1.82) is 0 Å². The maximum absolute atomic E-state index is 9.26. The maximum atomic E-state index is 9.26. The zero-order valence-corrected chi connectivity index (χ0v) is 10.6. The minimum Gasteiger partial charge on any atom is -0.508 e. The molecular weight excluding hydrogens is 222 g/mol. The molecule has 2 heteroatoms. The van der Waals surface area contributed by atoms with E-state index in [9.17, 15) is 5.11 Å². The van der Waals surface area contributed by atoms with Gasteiger partial charge in [0.15, 0.2) is 0 Å². The Balaban J connectivity index is 2.05. The lowest BCUT2D eigenvalue weighted by atomic mass is 9.87. The van der Waals surface area contributed by atoms with Crippen molar-refractivity contribution in [1.82, 2.24) is 0 Å². The molecule has 0 radical (unpaired) electrons. The summed E-state index contributed by atoms with van der Waals surface area (Å²) in [6, 6.07) is 17.5. The normalized spacial score (nSPS) is 14.1. The van der Waals surface area contributed by atoms with E-state index in [-0.39, 0.29) is 5.54 Å². The van der Waals surface area contributed by atoms with Crippen molar-refractivity contribution in [3.63, 3.8) is 0 Å². The van der Waals surface area contributed by atoms with Crippen molar-refractivity contribution in [2.75, 3.05) is 0 Å². The number of benzene rings is 2. The highest BCUT2D eigenvalue weighted by Crippen LogP contribution is 2.18. The first-order valence-corrected chi connectivity index (χ1v) is 6.16. The molecule has 0 saturated heterocycles. The molecule has 2 aromatic rings. The van der Waals surface area contributed by atoms with E-state index in [0.29, 0.717) is 5.75 Å². The van der Waals surface area contributed by atoms with Gasteiger partial charge in [0, 0.05) is 5.54 Å². The summed E-state index contributed by atoms with van der Waals surface area (Å²) in [4.78, 5) is 0. The van der Waals surface area contributed by atoms with E-state index in [0.717, 1.165) is 18.4 Å². The lowest BCUT2D eigenvalue weighted by Gasteiger charge is -2.25. The second-order valence-electron chi connectivity index (χ2n) is 5.16. The quantitative estimate of drug-likeness (QED) is 0.864. The van der Waals surface area contributed by atoms with Crippen LogP contribution in [-0.2, 0) is 12.8 Å². The third kappa shape index (κ3) is 3.60. The molecule has 0 aromatic heterocycles. The van der Waals surface area contributed by atoms with Gasteiger partial charge in [-0.3, -0.25) is 0 Å². The second-order valence-corrected chi connectivity index (χ2v) is 5.16. The molecule has 0 aliphatic rings. The lowest BCUT2D eigenvalue weighted by molar-refractivity contribution is 0.459. The van der Waals surface area contributed by atoms with Crippen LogP contribution in [0.15, 0.2) is 54.6 Å². The van der Waals surface area contributed by atoms with Crippen LogP contribution in [0.3, 0.4) is 0 Å². The molecule has 0 saturated carbocycles. The van der Waals surface area contributed by atoms with Gasteiger partial charge in [-0.25, -0.2) is 0 Å². The summed E-state index contributed by atoms with van der Waals surface area (Å²) < 4.78 is 0. The van der Waals surface area contributed by atoms with Crippen LogP contribution in [-0.4, -0.2) is 10.6 Å². The van der Waals surface area contributed by atoms with Crippen LogP contribution in [0.2, 0.25) is 0 Å². The summed E-state index contributed by atoms with van der Waals surface area (Å²) in [5, 5.41) is 9.26. The van der Waals surface area contributed by atoms with E-state index >= 15 is 0 Å². The summed E-state index contributed by atoms with van der Waals surface area (Å²) in [5.41, 5.74) is 8.48. The molecule has 0 fully saturated rings. The number of nitrogens with two attached hydrogens (primary N) is 1. The molecule has 2 nitrogen and oxygen atoms in total. The summed E-state index contributed by atoms with van der Waals surface area (Å²) >= 11 is 0. The summed E-state index contributed by atoms with van der Waals surface area (Å²) in [7, 11) is 0. The minimum absolute atomic E-state index is 0.279. The molecule has 1 atom stereocenters. The van der Waals surface area contributed by atoms with E-state index < -0.39 is 0 Å². The predicted octanol–water partition coefficient (Wildman–Crippen LogP) is 2.89. The van der Waals surface area contributed by atoms with Crippen molar-refractivity contribution in [2.45, 2.75) is 25.3 Å². The van der Waals surface area contributed by atoms with Gasteiger partial charge in [0.05, 0.1) is 0 Å². The molecule has 0 heterocycles. The van der Waals surface area contributed by atoms with Crippen LogP contribution in [0.4, 0.5) is 0 Å². The fraction of sp³-hybridized carbons (Fsp3) is 0.250. The van der Waals surface area contributed by atoms with Crippen molar-refractivity contribution >= 4 is 0 Å². The molecule has 94 valence electrons. The zero-order valence-electron chi connectivity index (χ0n) is 10.6. The van der Waals surface area contributed by atoms with Gasteiger partial charge in [0.2, 0.25) is 0 Å². The van der Waals surface area contributed by atoms with Crippen LogP contribution in [0.25, 0.3) is 0 Å². The first-order chi connectivity index (χ1) is 8.55. The highest BCUT2D eigenvalue weighted by molar-refractivity contribution is 5.28. The highest BCUT2D eigenvalue weighted by atomic mass is 16.3. The third-order valence-corrected chi connectivity index (χ3v) is 3.00. The van der Waals surface area contributed by atoms with Crippen molar-refractivity contribution in [3.05, 3.63) is 65.7 Å². The molecule has 3 N–H and O–H groups in total. The number of aromatic hydroxyl groups is 1. The molecular formula is C16H19NO.